The lowest BCUT2D eigenvalue weighted by atomic mass is 9.96. The largest absolute Gasteiger partial charge is 0.486 e. The zero-order chi connectivity index (χ0) is 22.3. The topological polar surface area (TPSA) is 72.3 Å². The van der Waals surface area contributed by atoms with Crippen molar-refractivity contribution in [2.45, 2.75) is 39.5 Å². The quantitative estimate of drug-likeness (QED) is 0.556. The Balaban J connectivity index is 1.31. The monoisotopic (exact) mass is 453 g/mol. The minimum atomic E-state index is 0.0284. The van der Waals surface area contributed by atoms with E-state index in [0.29, 0.717) is 18.2 Å². The van der Waals surface area contributed by atoms with E-state index in [0.717, 1.165) is 55.6 Å². The Morgan fingerprint density at radius 3 is 2.50 bits per heavy atom. The number of rotatable bonds is 8. The first kappa shape index (κ1) is 22.1. The van der Waals surface area contributed by atoms with Crippen molar-refractivity contribution >= 4 is 23.5 Å². The van der Waals surface area contributed by atoms with Crippen LogP contribution in [0.25, 0.3) is 0 Å². The molecule has 1 N–H and O–H groups in total. The molecular formula is C24H28ClN5O2. The first-order chi connectivity index (χ1) is 15.6. The molecule has 1 aliphatic rings. The van der Waals surface area contributed by atoms with Gasteiger partial charge in [-0.05, 0) is 49.6 Å². The van der Waals surface area contributed by atoms with Crippen LogP contribution in [0.1, 0.15) is 31.2 Å². The van der Waals surface area contributed by atoms with Crippen LogP contribution in [0.5, 0.6) is 5.75 Å². The van der Waals surface area contributed by atoms with E-state index >= 15 is 0 Å². The van der Waals surface area contributed by atoms with Crippen LogP contribution in [0.4, 0.5) is 5.95 Å². The molecule has 0 spiro atoms. The fourth-order valence-electron chi connectivity index (χ4n) is 3.94. The van der Waals surface area contributed by atoms with E-state index in [1.165, 1.54) is 0 Å². The smallest absolute Gasteiger partial charge is 0.227 e. The van der Waals surface area contributed by atoms with Gasteiger partial charge in [0.1, 0.15) is 12.4 Å². The molecule has 4 rings (SSSR count). The molecule has 1 fully saturated rings. The van der Waals surface area contributed by atoms with Gasteiger partial charge in [-0.2, -0.15) is 0 Å². The minimum Gasteiger partial charge on any atom is -0.486 e. The number of ether oxygens (including phenoxy) is 1. The maximum Gasteiger partial charge on any atom is 0.227 e. The van der Waals surface area contributed by atoms with Crippen LogP contribution in [0, 0.1) is 5.92 Å². The molecule has 0 unspecified atom stereocenters. The first-order valence-electron chi connectivity index (χ1n) is 11.0. The number of piperidine rings is 1. The van der Waals surface area contributed by atoms with Crippen molar-refractivity contribution in [1.29, 1.82) is 0 Å². The molecule has 2 heterocycles. The van der Waals surface area contributed by atoms with Gasteiger partial charge < -0.3 is 15.0 Å². The Morgan fingerprint density at radius 1 is 1.09 bits per heavy atom. The molecule has 1 aromatic heterocycles. The number of hydrogen-bond donors (Lipinski definition) is 1. The maximum atomic E-state index is 12.6. The van der Waals surface area contributed by atoms with Gasteiger partial charge in [0.2, 0.25) is 11.9 Å². The van der Waals surface area contributed by atoms with Crippen LogP contribution in [0.2, 0.25) is 5.02 Å². The fourth-order valence-corrected chi connectivity index (χ4v) is 4.07. The number of aromatic nitrogens is 3. The van der Waals surface area contributed by atoms with E-state index in [1.807, 2.05) is 42.5 Å². The van der Waals surface area contributed by atoms with Crippen LogP contribution in [-0.4, -0.2) is 33.8 Å². The number of hydrogen-bond acceptors (Lipinski definition) is 5. The SMILES string of the molecule is CCn1c(COc2ccc(Cl)cc2)nnc1N1CCC(C(=O)NCc2ccccc2)CC1. The van der Waals surface area contributed by atoms with Crippen LogP contribution in [0.3, 0.4) is 0 Å². The lowest BCUT2D eigenvalue weighted by Crippen LogP contribution is -2.41. The van der Waals surface area contributed by atoms with Crippen LogP contribution in [-0.2, 0) is 24.5 Å². The van der Waals surface area contributed by atoms with Crippen LogP contribution < -0.4 is 15.0 Å². The van der Waals surface area contributed by atoms with Gasteiger partial charge in [-0.15, -0.1) is 10.2 Å². The van der Waals surface area contributed by atoms with Gasteiger partial charge in [0.15, 0.2) is 5.82 Å². The lowest BCUT2D eigenvalue weighted by molar-refractivity contribution is -0.125. The molecule has 1 saturated heterocycles. The summed E-state index contributed by atoms with van der Waals surface area (Å²) in [6, 6.07) is 17.3. The fraction of sp³-hybridized carbons (Fsp3) is 0.375. The number of nitrogens with one attached hydrogen (secondary N) is 1. The van der Waals surface area contributed by atoms with Crippen molar-refractivity contribution in [3.63, 3.8) is 0 Å². The van der Waals surface area contributed by atoms with Gasteiger partial charge in [-0.1, -0.05) is 41.9 Å². The van der Waals surface area contributed by atoms with Gasteiger partial charge >= 0.3 is 0 Å². The molecule has 0 atom stereocenters. The van der Waals surface area contributed by atoms with Crippen molar-refractivity contribution in [3.05, 3.63) is 71.0 Å². The highest BCUT2D eigenvalue weighted by atomic mass is 35.5. The number of anilines is 1. The second-order valence-electron chi connectivity index (χ2n) is 7.87. The minimum absolute atomic E-state index is 0.0284. The summed E-state index contributed by atoms with van der Waals surface area (Å²) < 4.78 is 7.92. The van der Waals surface area contributed by atoms with Crippen molar-refractivity contribution in [2.24, 2.45) is 5.92 Å². The summed E-state index contributed by atoms with van der Waals surface area (Å²) in [5.41, 5.74) is 1.11. The Morgan fingerprint density at radius 2 is 1.81 bits per heavy atom. The molecule has 168 valence electrons. The average Bonchev–Trinajstić information content (AvgIpc) is 3.26. The molecule has 32 heavy (non-hydrogen) atoms. The zero-order valence-corrected chi connectivity index (χ0v) is 19.0. The van der Waals surface area contributed by atoms with E-state index < -0.39 is 0 Å². The molecule has 1 aliphatic heterocycles. The number of nitrogens with zero attached hydrogens (tertiary/aromatic N) is 4. The standard InChI is InChI=1S/C24H28ClN5O2/c1-2-30-22(17-32-21-10-8-20(25)9-11-21)27-28-24(30)29-14-12-19(13-15-29)23(31)26-16-18-6-4-3-5-7-18/h3-11,19H,2,12-17H2,1H3,(H,26,31). The number of benzene rings is 2. The van der Waals surface area contributed by atoms with Crippen molar-refractivity contribution in [1.82, 2.24) is 20.1 Å². The second-order valence-corrected chi connectivity index (χ2v) is 8.30. The third kappa shape index (κ3) is 5.40. The lowest BCUT2D eigenvalue weighted by Gasteiger charge is -2.32. The molecule has 0 saturated carbocycles. The highest BCUT2D eigenvalue weighted by Gasteiger charge is 2.27. The van der Waals surface area contributed by atoms with Gasteiger partial charge in [0.25, 0.3) is 0 Å². The Hall–Kier alpha value is -3.06. The van der Waals surface area contributed by atoms with Crippen molar-refractivity contribution < 1.29 is 9.53 Å². The molecule has 0 bridgehead atoms. The highest BCUT2D eigenvalue weighted by Crippen LogP contribution is 2.24. The molecule has 0 aliphatic carbocycles. The van der Waals surface area contributed by atoms with Gasteiger partial charge in [-0.3, -0.25) is 9.36 Å². The van der Waals surface area contributed by atoms with Gasteiger partial charge in [-0.25, -0.2) is 0 Å². The number of halogens is 1. The molecule has 8 heteroatoms. The van der Waals surface area contributed by atoms with Crippen molar-refractivity contribution in [3.8, 4) is 5.75 Å². The number of carbonyl (C=O) groups excluding carboxylic acids is 1. The summed E-state index contributed by atoms with van der Waals surface area (Å²) in [6.07, 6.45) is 1.60. The summed E-state index contributed by atoms with van der Waals surface area (Å²) in [4.78, 5) is 14.8. The molecule has 3 aromatic rings. The summed E-state index contributed by atoms with van der Waals surface area (Å²) in [5, 5.41) is 12.5. The Bertz CT molecular complexity index is 1010. The summed E-state index contributed by atoms with van der Waals surface area (Å²) in [7, 11) is 0. The van der Waals surface area contributed by atoms with E-state index in [2.05, 4.69) is 31.9 Å². The van der Waals surface area contributed by atoms with E-state index in [1.54, 1.807) is 12.1 Å². The van der Waals surface area contributed by atoms with Crippen LogP contribution >= 0.6 is 11.6 Å². The Labute approximate surface area is 193 Å². The number of amides is 1. The van der Waals surface area contributed by atoms with Gasteiger partial charge in [0.05, 0.1) is 0 Å². The molecule has 0 radical (unpaired) electrons. The zero-order valence-electron chi connectivity index (χ0n) is 18.2. The molecule has 1 amide bonds. The normalized spacial score (nSPS) is 14.4. The van der Waals surface area contributed by atoms with E-state index in [9.17, 15) is 4.79 Å². The third-order valence-corrected chi connectivity index (χ3v) is 6.02. The van der Waals surface area contributed by atoms with E-state index in [-0.39, 0.29) is 11.8 Å². The maximum absolute atomic E-state index is 12.6. The highest BCUT2D eigenvalue weighted by molar-refractivity contribution is 6.30. The van der Waals surface area contributed by atoms with Crippen LogP contribution in [0.15, 0.2) is 54.6 Å². The average molecular weight is 454 g/mol. The predicted octanol–water partition coefficient (Wildman–Crippen LogP) is 4.06. The van der Waals surface area contributed by atoms with Gasteiger partial charge in [0, 0.05) is 37.1 Å². The van der Waals surface area contributed by atoms with Crippen molar-refractivity contribution in [2.75, 3.05) is 18.0 Å². The second kappa shape index (κ2) is 10.5. The Kier molecular flexibility index (Phi) is 7.27. The third-order valence-electron chi connectivity index (χ3n) is 5.76. The predicted molar refractivity (Wildman–Crippen MR) is 125 cm³/mol. The molecule has 7 nitrogen and oxygen atoms in total. The number of carbonyl (C=O) groups is 1. The molecule has 2 aromatic carbocycles. The first-order valence-corrected chi connectivity index (χ1v) is 11.4. The summed E-state index contributed by atoms with van der Waals surface area (Å²) >= 11 is 5.93. The van der Waals surface area contributed by atoms with E-state index in [4.69, 9.17) is 16.3 Å². The summed E-state index contributed by atoms with van der Waals surface area (Å²) in [5.74, 6) is 2.51. The molecular weight excluding hydrogens is 426 g/mol. The summed E-state index contributed by atoms with van der Waals surface area (Å²) in [6.45, 7) is 5.28.